The minimum Gasteiger partial charge on any atom is -0.423 e. The molecule has 0 spiro atoms. The van der Waals surface area contributed by atoms with Gasteiger partial charge >= 0.3 is 5.63 Å². The summed E-state index contributed by atoms with van der Waals surface area (Å²) in [5.74, 6) is 0.364. The van der Waals surface area contributed by atoms with Gasteiger partial charge in [0, 0.05) is 31.1 Å². The number of aliphatic hydroxyl groups excluding tert-OH is 1. The normalized spacial score (nSPS) is 19.8. The molecule has 1 aliphatic rings. The van der Waals surface area contributed by atoms with E-state index in [0.29, 0.717) is 11.5 Å². The van der Waals surface area contributed by atoms with Crippen LogP contribution in [0.3, 0.4) is 0 Å². The Kier molecular flexibility index (Phi) is 3.59. The first kappa shape index (κ1) is 13.3. The second kappa shape index (κ2) is 5.38. The van der Waals surface area contributed by atoms with Gasteiger partial charge in [0.1, 0.15) is 5.58 Å². The molecule has 2 heterocycles. The quantitative estimate of drug-likeness (QED) is 0.868. The highest BCUT2D eigenvalue weighted by molar-refractivity contribution is 5.80. The van der Waals surface area contributed by atoms with E-state index in [4.69, 9.17) is 4.42 Å². The Morgan fingerprint density at radius 2 is 2.25 bits per heavy atom. The van der Waals surface area contributed by atoms with E-state index in [2.05, 4.69) is 4.90 Å². The predicted molar refractivity (Wildman–Crippen MR) is 77.7 cm³/mol. The predicted octanol–water partition coefficient (Wildman–Crippen LogP) is 1.92. The van der Waals surface area contributed by atoms with E-state index < -0.39 is 0 Å². The molecule has 1 atom stereocenters. The second-order valence-corrected chi connectivity index (χ2v) is 5.66. The zero-order valence-corrected chi connectivity index (χ0v) is 11.6. The van der Waals surface area contributed by atoms with Gasteiger partial charge in [-0.2, -0.15) is 0 Å². The maximum Gasteiger partial charge on any atom is 0.336 e. The van der Waals surface area contributed by atoms with Crippen molar-refractivity contribution in [3.05, 3.63) is 45.8 Å². The van der Waals surface area contributed by atoms with Gasteiger partial charge in [0.15, 0.2) is 0 Å². The lowest BCUT2D eigenvalue weighted by molar-refractivity contribution is 0.220. The first-order valence-corrected chi connectivity index (χ1v) is 7.02. The average molecular weight is 273 g/mol. The van der Waals surface area contributed by atoms with Crippen LogP contribution in [0.1, 0.15) is 17.5 Å². The number of rotatable bonds is 3. The van der Waals surface area contributed by atoms with E-state index in [1.165, 1.54) is 0 Å². The topological polar surface area (TPSA) is 53.7 Å². The number of fused-ring (bicyclic) bond motifs is 1. The Labute approximate surface area is 117 Å². The van der Waals surface area contributed by atoms with Gasteiger partial charge in [-0.05, 0) is 43.0 Å². The van der Waals surface area contributed by atoms with E-state index in [-0.39, 0.29) is 12.2 Å². The maximum atomic E-state index is 11.7. The lowest BCUT2D eigenvalue weighted by Crippen LogP contribution is -2.21. The van der Waals surface area contributed by atoms with E-state index in [0.717, 1.165) is 42.6 Å². The highest BCUT2D eigenvalue weighted by atomic mass is 16.4. The molecule has 2 aromatic rings. The number of aryl methyl sites for hydroxylation is 1. The Morgan fingerprint density at radius 1 is 1.40 bits per heavy atom. The van der Waals surface area contributed by atoms with Gasteiger partial charge < -0.3 is 9.52 Å². The zero-order valence-electron chi connectivity index (χ0n) is 11.6. The number of aliphatic hydroxyl groups is 1. The Bertz CT molecular complexity index is 677. The van der Waals surface area contributed by atoms with Crippen LogP contribution in [0.2, 0.25) is 0 Å². The monoisotopic (exact) mass is 273 g/mol. The van der Waals surface area contributed by atoms with Crippen molar-refractivity contribution in [3.8, 4) is 0 Å². The summed E-state index contributed by atoms with van der Waals surface area (Å²) in [6, 6.07) is 7.54. The summed E-state index contributed by atoms with van der Waals surface area (Å²) in [5, 5.41) is 10.2. The van der Waals surface area contributed by atoms with Gasteiger partial charge in [0.05, 0.1) is 0 Å². The molecule has 0 aliphatic carbocycles. The summed E-state index contributed by atoms with van der Waals surface area (Å²) in [4.78, 5) is 14.0. The fourth-order valence-electron chi connectivity index (χ4n) is 2.91. The number of benzene rings is 1. The molecule has 0 bridgehead atoms. The molecule has 1 aromatic carbocycles. The Morgan fingerprint density at radius 3 is 3.00 bits per heavy atom. The first-order valence-electron chi connectivity index (χ1n) is 7.02. The summed E-state index contributed by atoms with van der Waals surface area (Å²) >= 11 is 0. The van der Waals surface area contributed by atoms with Gasteiger partial charge in [-0.15, -0.1) is 0 Å². The highest BCUT2D eigenvalue weighted by Gasteiger charge is 2.22. The lowest BCUT2D eigenvalue weighted by atomic mass is 10.1. The van der Waals surface area contributed by atoms with E-state index >= 15 is 0 Å². The molecule has 4 nitrogen and oxygen atoms in total. The van der Waals surface area contributed by atoms with Crippen molar-refractivity contribution in [1.29, 1.82) is 0 Å². The number of likely N-dealkylation sites (tertiary alicyclic amines) is 1. The minimum atomic E-state index is -0.295. The van der Waals surface area contributed by atoms with Crippen LogP contribution in [-0.2, 0) is 6.54 Å². The van der Waals surface area contributed by atoms with Crippen LogP contribution in [-0.4, -0.2) is 29.7 Å². The molecule has 0 radical (unpaired) electrons. The SMILES string of the molecule is Cc1ccc2c(CN3CCC(CO)C3)cc(=O)oc2c1. The fraction of sp³-hybridized carbons (Fsp3) is 0.438. The standard InChI is InChI=1S/C16H19NO3/c1-11-2-3-14-13(7-16(19)20-15(14)6-11)9-17-5-4-12(8-17)10-18/h2-3,6-7,12,18H,4-5,8-10H2,1H3. The van der Waals surface area contributed by atoms with Crippen molar-refractivity contribution < 1.29 is 9.52 Å². The van der Waals surface area contributed by atoms with Crippen LogP contribution >= 0.6 is 0 Å². The van der Waals surface area contributed by atoms with Gasteiger partial charge in [-0.3, -0.25) is 4.90 Å². The van der Waals surface area contributed by atoms with Crippen LogP contribution in [0.25, 0.3) is 11.0 Å². The zero-order chi connectivity index (χ0) is 14.1. The van der Waals surface area contributed by atoms with Crippen LogP contribution in [0.4, 0.5) is 0 Å². The Balaban J connectivity index is 1.93. The van der Waals surface area contributed by atoms with Crippen molar-refractivity contribution in [2.75, 3.05) is 19.7 Å². The van der Waals surface area contributed by atoms with Crippen molar-refractivity contribution in [2.24, 2.45) is 5.92 Å². The highest BCUT2D eigenvalue weighted by Crippen LogP contribution is 2.23. The molecule has 3 rings (SSSR count). The third-order valence-electron chi connectivity index (χ3n) is 4.01. The summed E-state index contributed by atoms with van der Waals surface area (Å²) in [5.41, 5.74) is 2.45. The van der Waals surface area contributed by atoms with Crippen molar-refractivity contribution in [3.63, 3.8) is 0 Å². The van der Waals surface area contributed by atoms with Crippen LogP contribution < -0.4 is 5.63 Å². The lowest BCUT2D eigenvalue weighted by Gasteiger charge is -2.16. The molecular formula is C16H19NO3. The van der Waals surface area contributed by atoms with E-state index in [9.17, 15) is 9.90 Å². The maximum absolute atomic E-state index is 11.7. The van der Waals surface area contributed by atoms with Gasteiger partial charge in [0.2, 0.25) is 0 Å². The third kappa shape index (κ3) is 2.62. The minimum absolute atomic E-state index is 0.243. The van der Waals surface area contributed by atoms with Crippen molar-refractivity contribution in [1.82, 2.24) is 4.90 Å². The summed E-state index contributed by atoms with van der Waals surface area (Å²) in [7, 11) is 0. The molecule has 1 saturated heterocycles. The molecule has 1 unspecified atom stereocenters. The number of hydrogen-bond acceptors (Lipinski definition) is 4. The van der Waals surface area contributed by atoms with Gasteiger partial charge in [-0.1, -0.05) is 12.1 Å². The fourth-order valence-corrected chi connectivity index (χ4v) is 2.91. The molecule has 1 aromatic heterocycles. The molecule has 1 aliphatic heterocycles. The number of nitrogens with zero attached hydrogens (tertiary/aromatic N) is 1. The molecule has 0 amide bonds. The average Bonchev–Trinajstić information content (AvgIpc) is 2.85. The van der Waals surface area contributed by atoms with Crippen LogP contribution in [0.5, 0.6) is 0 Å². The molecule has 4 heteroatoms. The largest absolute Gasteiger partial charge is 0.423 e. The summed E-state index contributed by atoms with van der Waals surface area (Å²) < 4.78 is 5.28. The Hall–Kier alpha value is -1.65. The van der Waals surface area contributed by atoms with Crippen LogP contribution in [0.15, 0.2) is 33.5 Å². The summed E-state index contributed by atoms with van der Waals surface area (Å²) in [6.45, 7) is 4.83. The van der Waals surface area contributed by atoms with E-state index in [1.807, 2.05) is 25.1 Å². The van der Waals surface area contributed by atoms with E-state index in [1.54, 1.807) is 6.07 Å². The molecular weight excluding hydrogens is 254 g/mol. The smallest absolute Gasteiger partial charge is 0.336 e. The first-order chi connectivity index (χ1) is 9.65. The number of hydrogen-bond donors (Lipinski definition) is 1. The van der Waals surface area contributed by atoms with Crippen molar-refractivity contribution >= 4 is 11.0 Å². The molecule has 106 valence electrons. The second-order valence-electron chi connectivity index (χ2n) is 5.66. The molecule has 1 N–H and O–H groups in total. The van der Waals surface area contributed by atoms with Gasteiger partial charge in [-0.25, -0.2) is 4.79 Å². The molecule has 1 fully saturated rings. The molecule has 20 heavy (non-hydrogen) atoms. The molecule has 0 saturated carbocycles. The summed E-state index contributed by atoms with van der Waals surface area (Å²) in [6.07, 6.45) is 1.02. The third-order valence-corrected chi connectivity index (χ3v) is 4.01. The van der Waals surface area contributed by atoms with Crippen LogP contribution in [0, 0.1) is 12.8 Å². The van der Waals surface area contributed by atoms with Gasteiger partial charge in [0.25, 0.3) is 0 Å². The van der Waals surface area contributed by atoms with Crippen molar-refractivity contribution in [2.45, 2.75) is 19.9 Å².